The molecule has 0 saturated carbocycles. The first-order chi connectivity index (χ1) is 8.75. The van der Waals surface area contributed by atoms with E-state index < -0.39 is 0 Å². The second-order valence-electron chi connectivity index (χ2n) is 4.93. The lowest BCUT2D eigenvalue weighted by molar-refractivity contribution is 0.613. The number of nitrogens with zero attached hydrogens (tertiary/aromatic N) is 4. The Bertz CT molecular complexity index is 548. The van der Waals surface area contributed by atoms with Crippen molar-refractivity contribution in [1.29, 1.82) is 0 Å². The quantitative estimate of drug-likeness (QED) is 0.800. The summed E-state index contributed by atoms with van der Waals surface area (Å²) in [6.45, 7) is 3.27. The number of H-pyrrole nitrogens is 1. The summed E-state index contributed by atoms with van der Waals surface area (Å²) >= 11 is 0. The molecule has 1 saturated heterocycles. The molecule has 18 heavy (non-hydrogen) atoms. The molecule has 3 N–H and O–H groups in total. The molecule has 6 nitrogen and oxygen atoms in total. The van der Waals surface area contributed by atoms with Crippen LogP contribution in [0.4, 0.5) is 11.8 Å². The third-order valence-corrected chi connectivity index (χ3v) is 3.63. The highest BCUT2D eigenvalue weighted by molar-refractivity contribution is 5.87. The normalized spacial score (nSPS) is 21.2. The van der Waals surface area contributed by atoms with Gasteiger partial charge in [-0.2, -0.15) is 15.1 Å². The maximum absolute atomic E-state index is 5.78. The maximum Gasteiger partial charge on any atom is 0.224 e. The van der Waals surface area contributed by atoms with Crippen LogP contribution in [0.15, 0.2) is 6.20 Å². The molecule has 0 aromatic carbocycles. The van der Waals surface area contributed by atoms with Crippen LogP contribution in [0.25, 0.3) is 11.0 Å². The zero-order valence-corrected chi connectivity index (χ0v) is 10.6. The van der Waals surface area contributed by atoms with Crippen molar-refractivity contribution in [2.75, 3.05) is 17.2 Å². The van der Waals surface area contributed by atoms with E-state index in [9.17, 15) is 0 Å². The molecule has 2 aromatic rings. The summed E-state index contributed by atoms with van der Waals surface area (Å²) < 4.78 is 0. The van der Waals surface area contributed by atoms with Crippen molar-refractivity contribution in [3.8, 4) is 0 Å². The van der Waals surface area contributed by atoms with Crippen LogP contribution in [0, 0.1) is 0 Å². The highest BCUT2D eigenvalue weighted by atomic mass is 15.3. The highest BCUT2D eigenvalue weighted by Crippen LogP contribution is 2.28. The van der Waals surface area contributed by atoms with Crippen LogP contribution in [0.3, 0.4) is 0 Å². The van der Waals surface area contributed by atoms with Crippen LogP contribution >= 0.6 is 0 Å². The van der Waals surface area contributed by atoms with Gasteiger partial charge < -0.3 is 10.6 Å². The topological polar surface area (TPSA) is 83.7 Å². The zero-order valence-electron chi connectivity index (χ0n) is 10.6. The van der Waals surface area contributed by atoms with Gasteiger partial charge in [-0.3, -0.25) is 5.10 Å². The molecule has 0 aliphatic carbocycles. The lowest BCUT2D eigenvalue weighted by Crippen LogP contribution is -2.33. The van der Waals surface area contributed by atoms with Gasteiger partial charge in [0.1, 0.15) is 5.82 Å². The molecule has 1 atom stereocenters. The Morgan fingerprint density at radius 2 is 2.22 bits per heavy atom. The smallest absolute Gasteiger partial charge is 0.224 e. The van der Waals surface area contributed by atoms with Crippen molar-refractivity contribution in [2.45, 2.75) is 38.6 Å². The number of nitrogen functional groups attached to an aromatic ring is 1. The molecule has 3 heterocycles. The highest BCUT2D eigenvalue weighted by Gasteiger charge is 2.21. The fraction of sp³-hybridized carbons (Fsp3) is 0.583. The molecule has 0 spiro atoms. The van der Waals surface area contributed by atoms with E-state index in [1.54, 1.807) is 6.20 Å². The Labute approximate surface area is 106 Å². The lowest BCUT2D eigenvalue weighted by atomic mass is 10.1. The molecular weight excluding hydrogens is 228 g/mol. The second kappa shape index (κ2) is 4.44. The fourth-order valence-corrected chi connectivity index (χ4v) is 2.64. The number of fused-ring (bicyclic) bond motifs is 1. The van der Waals surface area contributed by atoms with Gasteiger partial charge in [-0.25, -0.2) is 0 Å². The molecule has 6 heteroatoms. The number of aromatic nitrogens is 4. The first-order valence-electron chi connectivity index (χ1n) is 6.49. The minimum atomic E-state index is 0.304. The maximum atomic E-state index is 5.78. The Kier molecular flexibility index (Phi) is 2.77. The third-order valence-electron chi connectivity index (χ3n) is 3.63. The molecule has 0 amide bonds. The van der Waals surface area contributed by atoms with Crippen LogP contribution in [0.5, 0.6) is 0 Å². The molecule has 96 valence electrons. The number of aromatic amines is 1. The molecule has 1 aliphatic heterocycles. The van der Waals surface area contributed by atoms with Crippen LogP contribution in [-0.2, 0) is 0 Å². The van der Waals surface area contributed by atoms with Crippen LogP contribution in [0.2, 0.25) is 0 Å². The molecule has 2 aromatic heterocycles. The van der Waals surface area contributed by atoms with E-state index in [1.807, 2.05) is 0 Å². The first kappa shape index (κ1) is 11.3. The largest absolute Gasteiger partial charge is 0.368 e. The molecule has 0 radical (unpaired) electrons. The Morgan fingerprint density at radius 3 is 3.11 bits per heavy atom. The Morgan fingerprint density at radius 1 is 1.33 bits per heavy atom. The molecule has 1 unspecified atom stereocenters. The van der Waals surface area contributed by atoms with E-state index in [0.717, 1.165) is 17.7 Å². The summed E-state index contributed by atoms with van der Waals surface area (Å²) in [5, 5.41) is 7.86. The van der Waals surface area contributed by atoms with Gasteiger partial charge in [-0.15, -0.1) is 0 Å². The minimum Gasteiger partial charge on any atom is -0.368 e. The monoisotopic (exact) mass is 246 g/mol. The third kappa shape index (κ3) is 1.87. The number of hydrogen-bond donors (Lipinski definition) is 2. The Hall–Kier alpha value is -1.85. The van der Waals surface area contributed by atoms with Gasteiger partial charge in [0.05, 0.1) is 11.6 Å². The minimum absolute atomic E-state index is 0.304. The van der Waals surface area contributed by atoms with Gasteiger partial charge in [0.25, 0.3) is 0 Å². The van der Waals surface area contributed by atoms with Crippen LogP contribution < -0.4 is 10.6 Å². The zero-order chi connectivity index (χ0) is 12.5. The first-order valence-corrected chi connectivity index (χ1v) is 6.49. The number of nitrogens with two attached hydrogens (primary N) is 1. The van der Waals surface area contributed by atoms with Gasteiger partial charge in [-0.1, -0.05) is 12.8 Å². The summed E-state index contributed by atoms with van der Waals surface area (Å²) in [4.78, 5) is 10.9. The summed E-state index contributed by atoms with van der Waals surface area (Å²) in [6, 6.07) is 0.486. The Balaban J connectivity index is 2.08. The van der Waals surface area contributed by atoms with E-state index in [0.29, 0.717) is 17.6 Å². The van der Waals surface area contributed by atoms with E-state index in [4.69, 9.17) is 5.73 Å². The van der Waals surface area contributed by atoms with E-state index in [2.05, 4.69) is 32.0 Å². The van der Waals surface area contributed by atoms with E-state index in [1.165, 1.54) is 25.7 Å². The number of anilines is 2. The summed E-state index contributed by atoms with van der Waals surface area (Å²) in [7, 11) is 0. The van der Waals surface area contributed by atoms with Gasteiger partial charge in [0, 0.05) is 12.6 Å². The molecular formula is C12H18N6. The molecule has 3 rings (SSSR count). The number of nitrogens with one attached hydrogen (secondary N) is 1. The standard InChI is InChI=1S/C12H18N6/c1-8-5-3-2-4-6-18(8)11-9-7-14-17-10(9)15-12(13)16-11/h7-8H,2-6H2,1H3,(H3,13,14,15,16,17). The van der Waals surface area contributed by atoms with Crippen molar-refractivity contribution in [3.63, 3.8) is 0 Å². The summed E-state index contributed by atoms with van der Waals surface area (Å²) in [6.07, 6.45) is 6.75. The predicted octanol–water partition coefficient (Wildman–Crippen LogP) is 1.70. The second-order valence-corrected chi connectivity index (χ2v) is 4.93. The van der Waals surface area contributed by atoms with Crippen molar-refractivity contribution >= 4 is 22.8 Å². The summed E-state index contributed by atoms with van der Waals surface area (Å²) in [5.41, 5.74) is 6.50. The SMILES string of the molecule is CC1CCCCCN1c1nc(N)nc2[nH]ncc12. The summed E-state index contributed by atoms with van der Waals surface area (Å²) in [5.74, 6) is 1.22. The molecule has 1 fully saturated rings. The molecule has 1 aliphatic rings. The van der Waals surface area contributed by atoms with Gasteiger partial charge in [0.2, 0.25) is 5.95 Å². The average molecular weight is 246 g/mol. The van der Waals surface area contributed by atoms with Crippen molar-refractivity contribution in [3.05, 3.63) is 6.20 Å². The van der Waals surface area contributed by atoms with Gasteiger partial charge in [0.15, 0.2) is 5.65 Å². The van der Waals surface area contributed by atoms with Crippen LogP contribution in [0.1, 0.15) is 32.6 Å². The van der Waals surface area contributed by atoms with Gasteiger partial charge in [-0.05, 0) is 19.8 Å². The molecule has 0 bridgehead atoms. The van der Waals surface area contributed by atoms with Gasteiger partial charge >= 0.3 is 0 Å². The number of rotatable bonds is 1. The van der Waals surface area contributed by atoms with Crippen molar-refractivity contribution in [1.82, 2.24) is 20.2 Å². The number of hydrogen-bond acceptors (Lipinski definition) is 5. The van der Waals surface area contributed by atoms with E-state index in [-0.39, 0.29) is 0 Å². The average Bonchev–Trinajstić information content (AvgIpc) is 2.70. The lowest BCUT2D eigenvalue weighted by Gasteiger charge is -2.28. The fourth-order valence-electron chi connectivity index (χ4n) is 2.64. The predicted molar refractivity (Wildman–Crippen MR) is 71.4 cm³/mol. The van der Waals surface area contributed by atoms with Crippen molar-refractivity contribution < 1.29 is 0 Å². The van der Waals surface area contributed by atoms with E-state index >= 15 is 0 Å². The van der Waals surface area contributed by atoms with Crippen LogP contribution in [-0.4, -0.2) is 32.8 Å². The van der Waals surface area contributed by atoms with Crippen molar-refractivity contribution in [2.24, 2.45) is 0 Å².